The van der Waals surface area contributed by atoms with Gasteiger partial charge >= 0.3 is 0 Å². The van der Waals surface area contributed by atoms with Crippen molar-refractivity contribution < 1.29 is 0 Å². The SMILES string of the molecule is C=S1CCCN1[CH2-]. The summed E-state index contributed by atoms with van der Waals surface area (Å²) in [6, 6.07) is 0. The fourth-order valence-electron chi connectivity index (χ4n) is 0.666. The third kappa shape index (κ3) is 1.04. The zero-order valence-electron chi connectivity index (χ0n) is 4.39. The maximum Gasteiger partial charge on any atom is -0.0000517 e. The molecule has 0 saturated carbocycles. The van der Waals surface area contributed by atoms with Gasteiger partial charge in [-0.05, 0) is 18.7 Å². The summed E-state index contributed by atoms with van der Waals surface area (Å²) in [4.78, 5) is 0. The van der Waals surface area contributed by atoms with E-state index in [4.69, 9.17) is 0 Å². The van der Waals surface area contributed by atoms with Gasteiger partial charge in [0.15, 0.2) is 0 Å². The molecule has 1 unspecified atom stereocenters. The molecule has 0 aliphatic carbocycles. The summed E-state index contributed by atoms with van der Waals surface area (Å²) in [5.41, 5.74) is 0. The highest BCUT2D eigenvalue weighted by Crippen LogP contribution is 2.23. The third-order valence-corrected chi connectivity index (χ3v) is 2.83. The van der Waals surface area contributed by atoms with E-state index in [-0.39, 0.29) is 10.7 Å². The molecule has 1 rings (SSSR count). The molecular weight excluding hydrogens is 106 g/mol. The summed E-state index contributed by atoms with van der Waals surface area (Å²) in [6.07, 6.45) is 1.29. The summed E-state index contributed by atoms with van der Waals surface area (Å²) in [5, 5.41) is 0. The Morgan fingerprint density at radius 3 is 2.57 bits per heavy atom. The first-order chi connectivity index (χ1) is 3.30. The monoisotopic (exact) mass is 116 g/mol. The van der Waals surface area contributed by atoms with E-state index in [0.29, 0.717) is 0 Å². The normalized spacial score (nSPS) is 34.1. The topological polar surface area (TPSA) is 3.24 Å². The molecule has 0 amide bonds. The molecule has 1 fully saturated rings. The quantitative estimate of drug-likeness (QED) is 0.338. The van der Waals surface area contributed by atoms with Crippen LogP contribution >= 0.6 is 10.7 Å². The first kappa shape index (κ1) is 5.32. The first-order valence-electron chi connectivity index (χ1n) is 2.39. The van der Waals surface area contributed by atoms with Crippen molar-refractivity contribution in [3.8, 4) is 0 Å². The van der Waals surface area contributed by atoms with E-state index in [2.05, 4.69) is 17.2 Å². The van der Waals surface area contributed by atoms with E-state index in [9.17, 15) is 0 Å². The number of nitrogens with zero attached hydrogens (tertiary/aromatic N) is 1. The van der Waals surface area contributed by atoms with E-state index < -0.39 is 0 Å². The maximum absolute atomic E-state index is 3.91. The van der Waals surface area contributed by atoms with Gasteiger partial charge in [0.1, 0.15) is 0 Å². The van der Waals surface area contributed by atoms with Crippen molar-refractivity contribution in [2.45, 2.75) is 6.42 Å². The molecule has 0 N–H and O–H groups in total. The molecule has 1 nitrogen and oxygen atoms in total. The van der Waals surface area contributed by atoms with Crippen molar-refractivity contribution in [2.75, 3.05) is 12.3 Å². The standard InChI is InChI=1S/C5H10NS/c1-6-4-3-5-7(6)2/h1-5H2/q-1. The van der Waals surface area contributed by atoms with Gasteiger partial charge in [-0.25, -0.2) is 0 Å². The lowest BCUT2D eigenvalue weighted by atomic mass is 10.5. The Kier molecular flexibility index (Phi) is 1.50. The first-order valence-corrected chi connectivity index (χ1v) is 3.91. The Morgan fingerprint density at radius 1 is 1.71 bits per heavy atom. The van der Waals surface area contributed by atoms with Gasteiger partial charge in [-0.1, -0.05) is 5.87 Å². The molecule has 0 aromatic carbocycles. The van der Waals surface area contributed by atoms with Gasteiger partial charge in [-0.15, -0.1) is 0 Å². The highest BCUT2D eigenvalue weighted by Gasteiger charge is 2.02. The smallest absolute Gasteiger partial charge is 0.0000517 e. The van der Waals surface area contributed by atoms with Crippen LogP contribution in [0.25, 0.3) is 0 Å². The minimum absolute atomic E-state index is 0.255. The van der Waals surface area contributed by atoms with Crippen molar-refractivity contribution in [1.29, 1.82) is 0 Å². The van der Waals surface area contributed by atoms with Crippen LogP contribution in [0, 0.1) is 7.05 Å². The summed E-state index contributed by atoms with van der Waals surface area (Å²) < 4.78 is 2.07. The molecule has 0 aromatic heterocycles. The summed E-state index contributed by atoms with van der Waals surface area (Å²) in [6.45, 7) is 1.15. The zero-order valence-corrected chi connectivity index (χ0v) is 5.21. The maximum atomic E-state index is 3.91. The van der Waals surface area contributed by atoms with E-state index in [1.807, 2.05) is 0 Å². The largest absolute Gasteiger partial charge is 0.410 e. The van der Waals surface area contributed by atoms with Crippen molar-refractivity contribution in [3.63, 3.8) is 0 Å². The number of rotatable bonds is 0. The van der Waals surface area contributed by atoms with E-state index in [1.165, 1.54) is 12.2 Å². The van der Waals surface area contributed by atoms with Crippen LogP contribution in [0.15, 0.2) is 0 Å². The Balaban J connectivity index is 2.48. The van der Waals surface area contributed by atoms with Crippen molar-refractivity contribution in [3.05, 3.63) is 7.05 Å². The fourth-order valence-corrected chi connectivity index (χ4v) is 1.77. The third-order valence-electron chi connectivity index (χ3n) is 1.15. The molecule has 0 spiro atoms. The Morgan fingerprint density at radius 2 is 2.43 bits per heavy atom. The van der Waals surface area contributed by atoms with Gasteiger partial charge in [-0.3, -0.25) is 7.05 Å². The van der Waals surface area contributed by atoms with Crippen LogP contribution in [-0.4, -0.2) is 22.5 Å². The van der Waals surface area contributed by atoms with Gasteiger partial charge in [0, 0.05) is 0 Å². The molecule has 0 bridgehead atoms. The molecule has 7 heavy (non-hydrogen) atoms. The Bertz CT molecular complexity index is 90.1. The van der Waals surface area contributed by atoms with Crippen LogP contribution in [0.1, 0.15) is 6.42 Å². The fraction of sp³-hybridized carbons (Fsp3) is 0.600. The molecule has 1 aliphatic rings. The second-order valence-corrected chi connectivity index (χ2v) is 3.57. The summed E-state index contributed by atoms with van der Waals surface area (Å²) >= 11 is 0. The van der Waals surface area contributed by atoms with Gasteiger partial charge in [-0.2, -0.15) is 10.7 Å². The minimum Gasteiger partial charge on any atom is -0.410 e. The van der Waals surface area contributed by atoms with Crippen LogP contribution in [-0.2, 0) is 0 Å². The van der Waals surface area contributed by atoms with Crippen molar-refractivity contribution >= 4 is 16.5 Å². The highest BCUT2D eigenvalue weighted by atomic mass is 32.2. The van der Waals surface area contributed by atoms with E-state index in [0.717, 1.165) is 6.54 Å². The molecule has 42 valence electrons. The average molecular weight is 116 g/mol. The lowest BCUT2D eigenvalue weighted by Crippen LogP contribution is -1.99. The lowest BCUT2D eigenvalue weighted by Gasteiger charge is -2.17. The van der Waals surface area contributed by atoms with Crippen molar-refractivity contribution in [1.82, 2.24) is 4.31 Å². The van der Waals surface area contributed by atoms with Crippen LogP contribution in [0.3, 0.4) is 0 Å². The van der Waals surface area contributed by atoms with E-state index in [1.54, 1.807) is 0 Å². The average Bonchev–Trinajstić information content (AvgIpc) is 1.91. The van der Waals surface area contributed by atoms with Gasteiger partial charge in [0.25, 0.3) is 0 Å². The van der Waals surface area contributed by atoms with Crippen LogP contribution < -0.4 is 0 Å². The van der Waals surface area contributed by atoms with Gasteiger partial charge < -0.3 is 4.31 Å². The predicted octanol–water partition coefficient (Wildman–Crippen LogP) is 1.10. The van der Waals surface area contributed by atoms with Gasteiger partial charge in [0.2, 0.25) is 0 Å². The lowest BCUT2D eigenvalue weighted by molar-refractivity contribution is 0.643. The molecule has 1 heterocycles. The zero-order chi connectivity index (χ0) is 5.28. The Hall–Kier alpha value is 0.180. The molecule has 1 aliphatic heterocycles. The number of hydrogen-bond donors (Lipinski definition) is 0. The highest BCUT2D eigenvalue weighted by molar-refractivity contribution is 8.12. The molecule has 0 aromatic rings. The van der Waals surface area contributed by atoms with Crippen LogP contribution in [0.5, 0.6) is 0 Å². The number of hydrogen-bond acceptors (Lipinski definition) is 1. The molecule has 1 atom stereocenters. The summed E-state index contributed by atoms with van der Waals surface area (Å²) in [5.74, 6) is 5.16. The van der Waals surface area contributed by atoms with Gasteiger partial charge in [0.05, 0.1) is 0 Å². The summed E-state index contributed by atoms with van der Waals surface area (Å²) in [7, 11) is 4.06. The Labute approximate surface area is 47.4 Å². The second-order valence-electron chi connectivity index (χ2n) is 1.73. The predicted molar refractivity (Wildman–Crippen MR) is 36.3 cm³/mol. The molecule has 1 saturated heterocycles. The molecular formula is C5H10NS-. The molecule has 0 radical (unpaired) electrons. The second kappa shape index (κ2) is 1.97. The minimum atomic E-state index is 0.255. The van der Waals surface area contributed by atoms with Crippen LogP contribution in [0.2, 0.25) is 0 Å². The van der Waals surface area contributed by atoms with E-state index >= 15 is 0 Å². The molecule has 2 heteroatoms. The van der Waals surface area contributed by atoms with Crippen molar-refractivity contribution in [2.24, 2.45) is 0 Å². The van der Waals surface area contributed by atoms with Crippen LogP contribution in [0.4, 0.5) is 0 Å².